The van der Waals surface area contributed by atoms with E-state index in [9.17, 15) is 0 Å². The molecule has 0 spiro atoms. The average molecular weight is 190 g/mol. The number of allylic oxidation sites excluding steroid dienone is 2. The summed E-state index contributed by atoms with van der Waals surface area (Å²) in [5.74, 6) is 1.83. The van der Waals surface area contributed by atoms with Gasteiger partial charge in [0.15, 0.2) is 0 Å². The Hall–Kier alpha value is -1.15. The van der Waals surface area contributed by atoms with Gasteiger partial charge >= 0.3 is 0 Å². The van der Waals surface area contributed by atoms with Gasteiger partial charge in [0.25, 0.3) is 0 Å². The van der Waals surface area contributed by atoms with Gasteiger partial charge in [0.2, 0.25) is 0 Å². The second-order valence-corrected chi connectivity index (χ2v) is 3.43. The van der Waals surface area contributed by atoms with Gasteiger partial charge < -0.3 is 4.18 Å². The molecule has 1 aromatic carbocycles. The number of hydrogen-bond acceptors (Lipinski definition) is 2. The van der Waals surface area contributed by atoms with Gasteiger partial charge in [0.1, 0.15) is 5.75 Å². The molecule has 1 aliphatic rings. The van der Waals surface area contributed by atoms with Gasteiger partial charge in [-0.15, -0.1) is 0 Å². The van der Waals surface area contributed by atoms with Crippen LogP contribution in [-0.2, 0) is 0 Å². The van der Waals surface area contributed by atoms with Gasteiger partial charge in [-0.05, 0) is 6.07 Å². The molecule has 0 fully saturated rings. The van der Waals surface area contributed by atoms with Crippen molar-refractivity contribution >= 4 is 18.1 Å². The van der Waals surface area contributed by atoms with Crippen molar-refractivity contribution in [1.82, 2.24) is 0 Å². The Morgan fingerprint density at radius 1 is 1.15 bits per heavy atom. The maximum absolute atomic E-state index is 5.52. The molecule has 1 aromatic rings. The van der Waals surface area contributed by atoms with Crippen LogP contribution in [0.25, 0.3) is 6.08 Å². The highest BCUT2D eigenvalue weighted by Gasteiger charge is 1.99. The number of fused-ring (bicyclic) bond motifs is 1. The highest BCUT2D eigenvalue weighted by molar-refractivity contribution is 7.95. The molecule has 13 heavy (non-hydrogen) atoms. The molecular weight excluding hydrogens is 180 g/mol. The van der Waals surface area contributed by atoms with Gasteiger partial charge in [0.05, 0.1) is 17.8 Å². The van der Waals surface area contributed by atoms with E-state index < -0.39 is 0 Å². The molecule has 0 unspecified atom stereocenters. The fraction of sp³-hybridized carbons (Fsp3) is 0.0909. The van der Waals surface area contributed by atoms with Crippen LogP contribution in [-0.4, -0.2) is 5.75 Å². The van der Waals surface area contributed by atoms with Gasteiger partial charge in [-0.3, -0.25) is 0 Å². The molecule has 0 aromatic heterocycles. The van der Waals surface area contributed by atoms with Crippen molar-refractivity contribution in [3.05, 3.63) is 48.1 Å². The average Bonchev–Trinajstić information content (AvgIpc) is 2.28. The first kappa shape index (κ1) is 8.45. The Labute approximate surface area is 82.3 Å². The molecule has 0 N–H and O–H groups in total. The summed E-state index contributed by atoms with van der Waals surface area (Å²) in [6.45, 7) is 0. The van der Waals surface area contributed by atoms with Crippen molar-refractivity contribution in [3.63, 3.8) is 0 Å². The van der Waals surface area contributed by atoms with E-state index in [2.05, 4.69) is 12.2 Å². The first-order valence-corrected chi connectivity index (χ1v) is 5.09. The van der Waals surface area contributed by atoms with Crippen LogP contribution in [0.1, 0.15) is 5.56 Å². The first-order valence-electron chi connectivity index (χ1n) is 4.18. The zero-order chi connectivity index (χ0) is 8.93. The van der Waals surface area contributed by atoms with Crippen LogP contribution in [0.3, 0.4) is 0 Å². The Morgan fingerprint density at radius 3 is 3.08 bits per heavy atom. The van der Waals surface area contributed by atoms with Gasteiger partial charge in [-0.25, -0.2) is 0 Å². The maximum Gasteiger partial charge on any atom is 0.144 e. The fourth-order valence-corrected chi connectivity index (χ4v) is 1.66. The first-order chi connectivity index (χ1) is 6.47. The van der Waals surface area contributed by atoms with Crippen LogP contribution < -0.4 is 4.18 Å². The number of benzene rings is 1. The number of para-hydroxylation sites is 1. The van der Waals surface area contributed by atoms with Gasteiger partial charge in [0, 0.05) is 5.56 Å². The van der Waals surface area contributed by atoms with Crippen molar-refractivity contribution in [2.24, 2.45) is 0 Å². The largest absolute Gasteiger partial charge is 0.425 e. The van der Waals surface area contributed by atoms with Gasteiger partial charge in [-0.2, -0.15) is 0 Å². The third-order valence-corrected chi connectivity index (χ3v) is 2.38. The SMILES string of the molecule is C1=C\CSOc2ccccc2\C=C/1. The predicted octanol–water partition coefficient (Wildman–Crippen LogP) is 3.30. The smallest absolute Gasteiger partial charge is 0.144 e. The number of hydrogen-bond donors (Lipinski definition) is 0. The van der Waals surface area contributed by atoms with E-state index in [0.29, 0.717) is 0 Å². The summed E-state index contributed by atoms with van der Waals surface area (Å²) in [6.07, 6.45) is 8.21. The summed E-state index contributed by atoms with van der Waals surface area (Å²) in [7, 11) is 0. The van der Waals surface area contributed by atoms with Crippen molar-refractivity contribution in [1.29, 1.82) is 0 Å². The molecule has 0 saturated heterocycles. The van der Waals surface area contributed by atoms with E-state index in [1.165, 1.54) is 12.0 Å². The van der Waals surface area contributed by atoms with E-state index in [0.717, 1.165) is 17.1 Å². The molecule has 2 heteroatoms. The molecular formula is C11H10OS. The lowest BCUT2D eigenvalue weighted by atomic mass is 10.2. The highest BCUT2D eigenvalue weighted by atomic mass is 32.2. The summed E-state index contributed by atoms with van der Waals surface area (Å²) in [6, 6.07) is 8.03. The molecule has 2 rings (SSSR count). The Morgan fingerprint density at radius 2 is 2.08 bits per heavy atom. The predicted molar refractivity (Wildman–Crippen MR) is 57.7 cm³/mol. The fourth-order valence-electron chi connectivity index (χ4n) is 1.12. The molecule has 1 heterocycles. The summed E-state index contributed by atoms with van der Waals surface area (Å²) in [4.78, 5) is 0. The topological polar surface area (TPSA) is 9.23 Å². The Kier molecular flexibility index (Phi) is 2.72. The van der Waals surface area contributed by atoms with Crippen molar-refractivity contribution in [3.8, 4) is 5.75 Å². The van der Waals surface area contributed by atoms with E-state index in [1.807, 2.05) is 36.4 Å². The standard InChI is InChI=1S/C11H10OS/c1-2-6-10-7-3-4-8-11(10)12-13-9-5-1/h1-8H,9H2/b5-1-,6-2-. The quantitative estimate of drug-likeness (QED) is 0.580. The lowest BCUT2D eigenvalue weighted by Gasteiger charge is -2.04. The molecule has 0 atom stereocenters. The summed E-state index contributed by atoms with van der Waals surface area (Å²) in [5, 5.41) is 0. The molecule has 0 radical (unpaired) electrons. The minimum atomic E-state index is 0.888. The summed E-state index contributed by atoms with van der Waals surface area (Å²) >= 11 is 1.46. The molecule has 1 aliphatic heterocycles. The second kappa shape index (κ2) is 4.19. The monoisotopic (exact) mass is 190 g/mol. The van der Waals surface area contributed by atoms with Gasteiger partial charge in [-0.1, -0.05) is 42.5 Å². The van der Waals surface area contributed by atoms with Crippen molar-refractivity contribution in [2.75, 3.05) is 5.75 Å². The summed E-state index contributed by atoms with van der Waals surface area (Å²) in [5.41, 5.74) is 1.13. The van der Waals surface area contributed by atoms with Crippen LogP contribution >= 0.6 is 12.0 Å². The normalized spacial score (nSPS) is 20.0. The van der Waals surface area contributed by atoms with Crippen molar-refractivity contribution < 1.29 is 4.18 Å². The van der Waals surface area contributed by atoms with Crippen LogP contribution in [0, 0.1) is 0 Å². The third kappa shape index (κ3) is 2.16. The second-order valence-electron chi connectivity index (χ2n) is 2.69. The minimum Gasteiger partial charge on any atom is -0.425 e. The highest BCUT2D eigenvalue weighted by Crippen LogP contribution is 2.24. The molecule has 0 aliphatic carbocycles. The van der Waals surface area contributed by atoms with Crippen LogP contribution in [0.15, 0.2) is 42.5 Å². The van der Waals surface area contributed by atoms with E-state index >= 15 is 0 Å². The van der Waals surface area contributed by atoms with E-state index in [1.54, 1.807) is 0 Å². The molecule has 66 valence electrons. The Balaban J connectivity index is 2.35. The van der Waals surface area contributed by atoms with Crippen molar-refractivity contribution in [2.45, 2.75) is 0 Å². The molecule has 0 saturated carbocycles. The maximum atomic E-state index is 5.52. The zero-order valence-electron chi connectivity index (χ0n) is 7.14. The minimum absolute atomic E-state index is 0.888. The molecule has 0 amide bonds. The van der Waals surface area contributed by atoms with E-state index in [4.69, 9.17) is 4.18 Å². The number of rotatable bonds is 0. The molecule has 0 bridgehead atoms. The zero-order valence-corrected chi connectivity index (χ0v) is 7.96. The van der Waals surface area contributed by atoms with E-state index in [-0.39, 0.29) is 0 Å². The lowest BCUT2D eigenvalue weighted by Crippen LogP contribution is -1.84. The van der Waals surface area contributed by atoms with Crippen LogP contribution in [0.4, 0.5) is 0 Å². The Bertz CT molecular complexity index is 342. The third-order valence-electron chi connectivity index (χ3n) is 1.75. The van der Waals surface area contributed by atoms with Crippen LogP contribution in [0.5, 0.6) is 5.75 Å². The summed E-state index contributed by atoms with van der Waals surface area (Å²) < 4.78 is 5.52. The van der Waals surface area contributed by atoms with Crippen LogP contribution in [0.2, 0.25) is 0 Å². The molecule has 1 nitrogen and oxygen atoms in total. The lowest BCUT2D eigenvalue weighted by molar-refractivity contribution is 0.646.